The van der Waals surface area contributed by atoms with Crippen molar-refractivity contribution in [3.8, 4) is 0 Å². The van der Waals surface area contributed by atoms with Gasteiger partial charge in [0.1, 0.15) is 0 Å². The van der Waals surface area contributed by atoms with Crippen molar-refractivity contribution in [1.82, 2.24) is 10.2 Å². The van der Waals surface area contributed by atoms with E-state index < -0.39 is 0 Å². The Kier molecular flexibility index (Phi) is 5.19. The first-order valence-electron chi connectivity index (χ1n) is 7.66. The van der Waals surface area contributed by atoms with Gasteiger partial charge < -0.3 is 10.4 Å². The lowest BCUT2D eigenvalue weighted by atomic mass is 10.0. The number of fused-ring (bicyclic) bond motifs is 1. The largest absolute Gasteiger partial charge is 0.390 e. The van der Waals surface area contributed by atoms with E-state index in [9.17, 15) is 5.11 Å². The van der Waals surface area contributed by atoms with E-state index in [0.29, 0.717) is 6.54 Å². The molecule has 0 aliphatic carbocycles. The molecule has 1 aromatic rings. The van der Waals surface area contributed by atoms with Crippen LogP contribution < -0.4 is 5.32 Å². The van der Waals surface area contributed by atoms with Crippen molar-refractivity contribution in [2.45, 2.75) is 51.8 Å². The first kappa shape index (κ1) is 15.5. The quantitative estimate of drug-likeness (QED) is 0.885. The van der Waals surface area contributed by atoms with Gasteiger partial charge >= 0.3 is 0 Å². The minimum absolute atomic E-state index is 0.0619. The Bertz CT molecular complexity index is 425. The van der Waals surface area contributed by atoms with Crippen LogP contribution in [0, 0.1) is 0 Å². The minimum atomic E-state index is -0.306. The highest BCUT2D eigenvalue weighted by molar-refractivity contribution is 5.28. The van der Waals surface area contributed by atoms with Gasteiger partial charge in [0.15, 0.2) is 0 Å². The Morgan fingerprint density at radius 2 is 1.95 bits per heavy atom. The second-order valence-electron chi connectivity index (χ2n) is 6.89. The normalized spacial score (nSPS) is 18.4. The Hall–Kier alpha value is -0.900. The summed E-state index contributed by atoms with van der Waals surface area (Å²) in [6, 6.07) is 8.68. The molecule has 2 rings (SSSR count). The molecule has 0 bridgehead atoms. The monoisotopic (exact) mass is 276 g/mol. The van der Waals surface area contributed by atoms with Crippen molar-refractivity contribution >= 4 is 0 Å². The van der Waals surface area contributed by atoms with Crippen LogP contribution in [0.1, 0.15) is 38.3 Å². The highest BCUT2D eigenvalue weighted by Crippen LogP contribution is 2.18. The van der Waals surface area contributed by atoms with E-state index in [1.54, 1.807) is 0 Å². The molecule has 1 aliphatic heterocycles. The third kappa shape index (κ3) is 4.89. The molecule has 0 fully saturated rings. The van der Waals surface area contributed by atoms with Gasteiger partial charge in [-0.25, -0.2) is 0 Å². The van der Waals surface area contributed by atoms with Gasteiger partial charge in [-0.05, 0) is 51.3 Å². The van der Waals surface area contributed by atoms with Crippen molar-refractivity contribution in [3.63, 3.8) is 0 Å². The molecule has 0 amide bonds. The minimum Gasteiger partial charge on any atom is -0.390 e. The molecule has 1 unspecified atom stereocenters. The average Bonchev–Trinajstić information content (AvgIpc) is 2.57. The molecule has 1 heterocycles. The van der Waals surface area contributed by atoms with Crippen LogP contribution >= 0.6 is 0 Å². The van der Waals surface area contributed by atoms with E-state index in [-0.39, 0.29) is 11.6 Å². The van der Waals surface area contributed by atoms with Gasteiger partial charge in [-0.15, -0.1) is 0 Å². The molecule has 3 heteroatoms. The van der Waals surface area contributed by atoms with Gasteiger partial charge in [-0.1, -0.05) is 24.3 Å². The van der Waals surface area contributed by atoms with Crippen LogP contribution in [-0.4, -0.2) is 41.3 Å². The fourth-order valence-corrected chi connectivity index (χ4v) is 2.71. The maximum Gasteiger partial charge on any atom is 0.0791 e. The number of benzene rings is 1. The molecule has 20 heavy (non-hydrogen) atoms. The van der Waals surface area contributed by atoms with E-state index in [0.717, 1.165) is 26.1 Å². The molecule has 1 aliphatic rings. The molecular formula is C17H28N2O. The third-order valence-corrected chi connectivity index (χ3v) is 3.77. The molecule has 1 aromatic carbocycles. The summed E-state index contributed by atoms with van der Waals surface area (Å²) in [5, 5.41) is 13.6. The fraction of sp³-hybridized carbons (Fsp3) is 0.647. The molecule has 0 spiro atoms. The van der Waals surface area contributed by atoms with E-state index in [4.69, 9.17) is 0 Å². The smallest absolute Gasteiger partial charge is 0.0791 e. The predicted octanol–water partition coefficient (Wildman–Crippen LogP) is 2.18. The van der Waals surface area contributed by atoms with Crippen LogP contribution in [0.3, 0.4) is 0 Å². The summed E-state index contributed by atoms with van der Waals surface area (Å²) in [5.74, 6) is 0. The van der Waals surface area contributed by atoms with Gasteiger partial charge in [-0.2, -0.15) is 0 Å². The summed E-state index contributed by atoms with van der Waals surface area (Å²) < 4.78 is 0. The third-order valence-electron chi connectivity index (χ3n) is 3.77. The summed E-state index contributed by atoms with van der Waals surface area (Å²) in [4.78, 5) is 2.38. The van der Waals surface area contributed by atoms with Crippen molar-refractivity contribution in [1.29, 1.82) is 0 Å². The number of aryl methyl sites for hydroxylation is 1. The molecule has 0 saturated heterocycles. The maximum atomic E-state index is 10.2. The van der Waals surface area contributed by atoms with Crippen LogP contribution in [0.5, 0.6) is 0 Å². The molecule has 0 aromatic heterocycles. The van der Waals surface area contributed by atoms with Crippen molar-refractivity contribution in [2.75, 3.05) is 19.6 Å². The molecule has 0 radical (unpaired) electrons. The topological polar surface area (TPSA) is 35.5 Å². The predicted molar refractivity (Wildman–Crippen MR) is 83.8 cm³/mol. The number of rotatable bonds is 4. The molecular weight excluding hydrogens is 248 g/mol. The molecule has 0 saturated carbocycles. The second-order valence-corrected chi connectivity index (χ2v) is 6.89. The summed E-state index contributed by atoms with van der Waals surface area (Å²) in [7, 11) is 0. The second kappa shape index (κ2) is 6.70. The Labute approximate surface area is 123 Å². The van der Waals surface area contributed by atoms with Gasteiger partial charge in [0.2, 0.25) is 0 Å². The van der Waals surface area contributed by atoms with Crippen LogP contribution in [0.2, 0.25) is 0 Å². The lowest BCUT2D eigenvalue weighted by Crippen LogP contribution is -2.44. The zero-order valence-electron chi connectivity index (χ0n) is 13.0. The zero-order chi connectivity index (χ0) is 14.6. The molecule has 3 nitrogen and oxygen atoms in total. The summed E-state index contributed by atoms with van der Waals surface area (Å²) >= 11 is 0. The lowest BCUT2D eigenvalue weighted by molar-refractivity contribution is 0.102. The highest BCUT2D eigenvalue weighted by Gasteiger charge is 2.18. The van der Waals surface area contributed by atoms with Gasteiger partial charge in [0.05, 0.1) is 6.10 Å². The molecule has 112 valence electrons. The summed E-state index contributed by atoms with van der Waals surface area (Å²) in [6.45, 7) is 9.81. The van der Waals surface area contributed by atoms with Crippen molar-refractivity contribution in [3.05, 3.63) is 35.4 Å². The van der Waals surface area contributed by atoms with E-state index in [1.807, 2.05) is 0 Å². The number of nitrogens with zero attached hydrogens (tertiary/aromatic N) is 1. The first-order chi connectivity index (χ1) is 9.44. The SMILES string of the molecule is CC(C)(C)NCC(O)CN1CCCc2ccccc2C1. The standard InChI is InChI=1S/C17H28N2O/c1-17(2,3)18-11-16(20)13-19-10-6-9-14-7-4-5-8-15(14)12-19/h4-5,7-8,16,18,20H,6,9-13H2,1-3H3. The Balaban J connectivity index is 1.87. The lowest BCUT2D eigenvalue weighted by Gasteiger charge is -2.27. The number of nitrogens with one attached hydrogen (secondary N) is 1. The Morgan fingerprint density at radius 3 is 2.65 bits per heavy atom. The van der Waals surface area contributed by atoms with E-state index in [1.165, 1.54) is 17.5 Å². The highest BCUT2D eigenvalue weighted by atomic mass is 16.3. The fourth-order valence-electron chi connectivity index (χ4n) is 2.71. The summed E-state index contributed by atoms with van der Waals surface area (Å²) in [6.07, 6.45) is 2.03. The number of aliphatic hydroxyl groups is 1. The number of hydrogen-bond donors (Lipinski definition) is 2. The number of β-amino-alcohol motifs (C(OH)–C–C–N with tert-alkyl or cyclic N) is 1. The van der Waals surface area contributed by atoms with Crippen molar-refractivity contribution in [2.24, 2.45) is 0 Å². The summed E-state index contributed by atoms with van der Waals surface area (Å²) in [5.41, 5.74) is 2.95. The van der Waals surface area contributed by atoms with Gasteiger partial charge in [-0.3, -0.25) is 4.90 Å². The maximum absolute atomic E-state index is 10.2. The van der Waals surface area contributed by atoms with Gasteiger partial charge in [0, 0.05) is 25.2 Å². The van der Waals surface area contributed by atoms with Crippen LogP contribution in [-0.2, 0) is 13.0 Å². The van der Waals surface area contributed by atoms with Crippen molar-refractivity contribution < 1.29 is 5.11 Å². The Morgan fingerprint density at radius 1 is 1.25 bits per heavy atom. The van der Waals surface area contributed by atoms with E-state index in [2.05, 4.69) is 55.3 Å². The van der Waals surface area contributed by atoms with Crippen LogP contribution in [0.15, 0.2) is 24.3 Å². The zero-order valence-corrected chi connectivity index (χ0v) is 13.0. The average molecular weight is 276 g/mol. The molecule has 1 atom stereocenters. The van der Waals surface area contributed by atoms with Crippen LogP contribution in [0.25, 0.3) is 0 Å². The number of aliphatic hydroxyl groups excluding tert-OH is 1. The molecule has 2 N–H and O–H groups in total. The first-order valence-corrected chi connectivity index (χ1v) is 7.66. The van der Waals surface area contributed by atoms with Gasteiger partial charge in [0.25, 0.3) is 0 Å². The number of hydrogen-bond acceptors (Lipinski definition) is 3. The van der Waals surface area contributed by atoms with E-state index >= 15 is 0 Å². The van der Waals surface area contributed by atoms with Crippen LogP contribution in [0.4, 0.5) is 0 Å².